The molecule has 0 spiro atoms. The molecule has 0 aromatic heterocycles. The van der Waals surface area contributed by atoms with E-state index in [0.29, 0.717) is 0 Å². The van der Waals surface area contributed by atoms with Crippen molar-refractivity contribution in [2.75, 3.05) is 6.54 Å². The van der Waals surface area contributed by atoms with E-state index in [4.69, 9.17) is 16.2 Å². The lowest BCUT2D eigenvalue weighted by molar-refractivity contribution is -0.156. The Morgan fingerprint density at radius 1 is 1.29 bits per heavy atom. The molecule has 5 N–H and O–H groups in total. The second-order valence-electron chi connectivity index (χ2n) is 4.58. The minimum Gasteiger partial charge on any atom is -0.460 e. The molecule has 7 nitrogen and oxygen atoms in total. The van der Waals surface area contributed by atoms with E-state index in [-0.39, 0.29) is 13.0 Å². The van der Waals surface area contributed by atoms with E-state index in [2.05, 4.69) is 5.32 Å². The fourth-order valence-electron chi connectivity index (χ4n) is 0.961. The zero-order chi connectivity index (χ0) is 13.6. The van der Waals surface area contributed by atoms with Crippen molar-refractivity contribution >= 4 is 17.8 Å². The maximum absolute atomic E-state index is 11.3. The SMILES string of the molecule is CC(C)(C)OC(=O)C[C@H](N)C(=O)NCC(N)=O. The van der Waals surface area contributed by atoms with Gasteiger partial charge in [-0.05, 0) is 20.8 Å². The van der Waals surface area contributed by atoms with E-state index < -0.39 is 29.4 Å². The molecule has 0 saturated carbocycles. The van der Waals surface area contributed by atoms with E-state index in [9.17, 15) is 14.4 Å². The molecule has 0 aromatic carbocycles. The number of primary amides is 1. The highest BCUT2D eigenvalue weighted by molar-refractivity contribution is 5.89. The van der Waals surface area contributed by atoms with Gasteiger partial charge in [0.05, 0.1) is 19.0 Å². The van der Waals surface area contributed by atoms with Crippen molar-refractivity contribution in [1.29, 1.82) is 0 Å². The topological polar surface area (TPSA) is 125 Å². The van der Waals surface area contributed by atoms with Crippen LogP contribution in [0.25, 0.3) is 0 Å². The predicted molar refractivity (Wildman–Crippen MR) is 60.6 cm³/mol. The average molecular weight is 245 g/mol. The second kappa shape index (κ2) is 6.19. The zero-order valence-electron chi connectivity index (χ0n) is 10.3. The second-order valence-corrected chi connectivity index (χ2v) is 4.58. The van der Waals surface area contributed by atoms with Gasteiger partial charge < -0.3 is 21.5 Å². The Labute approximate surface area is 99.9 Å². The fraction of sp³-hybridized carbons (Fsp3) is 0.700. The van der Waals surface area contributed by atoms with Crippen LogP contribution < -0.4 is 16.8 Å². The van der Waals surface area contributed by atoms with Gasteiger partial charge in [0.25, 0.3) is 0 Å². The monoisotopic (exact) mass is 245 g/mol. The first kappa shape index (κ1) is 15.4. The normalized spacial score (nSPS) is 12.7. The largest absolute Gasteiger partial charge is 0.460 e. The number of nitrogens with two attached hydrogens (primary N) is 2. The van der Waals surface area contributed by atoms with Crippen LogP contribution in [0.3, 0.4) is 0 Å². The molecule has 0 bridgehead atoms. The van der Waals surface area contributed by atoms with Crippen LogP contribution in [-0.2, 0) is 19.1 Å². The van der Waals surface area contributed by atoms with Gasteiger partial charge in [-0.15, -0.1) is 0 Å². The number of carbonyl (C=O) groups excluding carboxylic acids is 3. The van der Waals surface area contributed by atoms with Crippen LogP contribution in [0.5, 0.6) is 0 Å². The van der Waals surface area contributed by atoms with Crippen molar-refractivity contribution in [3.05, 3.63) is 0 Å². The number of hydrogen-bond donors (Lipinski definition) is 3. The predicted octanol–water partition coefficient (Wildman–Crippen LogP) is -1.35. The van der Waals surface area contributed by atoms with Gasteiger partial charge in [0.1, 0.15) is 5.60 Å². The molecule has 0 fully saturated rings. The Balaban J connectivity index is 4.08. The summed E-state index contributed by atoms with van der Waals surface area (Å²) in [5.41, 5.74) is 9.67. The highest BCUT2D eigenvalue weighted by Gasteiger charge is 2.22. The van der Waals surface area contributed by atoms with E-state index in [1.165, 1.54) is 0 Å². The van der Waals surface area contributed by atoms with Crippen LogP contribution in [0.1, 0.15) is 27.2 Å². The smallest absolute Gasteiger partial charge is 0.308 e. The highest BCUT2D eigenvalue weighted by atomic mass is 16.6. The van der Waals surface area contributed by atoms with Gasteiger partial charge in [0, 0.05) is 0 Å². The van der Waals surface area contributed by atoms with Crippen molar-refractivity contribution < 1.29 is 19.1 Å². The third-order valence-corrected chi connectivity index (χ3v) is 1.58. The molecule has 0 aliphatic heterocycles. The minimum atomic E-state index is -1.05. The number of amides is 2. The Morgan fingerprint density at radius 3 is 2.24 bits per heavy atom. The minimum absolute atomic E-state index is 0.248. The van der Waals surface area contributed by atoms with Gasteiger partial charge >= 0.3 is 5.97 Å². The van der Waals surface area contributed by atoms with E-state index in [1.54, 1.807) is 20.8 Å². The Morgan fingerprint density at radius 2 is 1.82 bits per heavy atom. The molecule has 0 aliphatic rings. The first-order valence-electron chi connectivity index (χ1n) is 5.15. The van der Waals surface area contributed by atoms with Crippen LogP contribution in [0.4, 0.5) is 0 Å². The fourth-order valence-corrected chi connectivity index (χ4v) is 0.961. The first-order chi connectivity index (χ1) is 7.61. The molecule has 17 heavy (non-hydrogen) atoms. The molecule has 98 valence electrons. The van der Waals surface area contributed by atoms with Gasteiger partial charge in [-0.1, -0.05) is 0 Å². The summed E-state index contributed by atoms with van der Waals surface area (Å²) < 4.78 is 4.99. The molecule has 1 atom stereocenters. The molecule has 0 saturated heterocycles. The summed E-state index contributed by atoms with van der Waals surface area (Å²) in [7, 11) is 0. The summed E-state index contributed by atoms with van der Waals surface area (Å²) in [6, 6.07) is -1.05. The maximum atomic E-state index is 11.3. The summed E-state index contributed by atoms with van der Waals surface area (Å²) in [5.74, 6) is -1.86. The standard InChI is InChI=1S/C10H19N3O4/c1-10(2,3)17-8(15)4-6(11)9(16)13-5-7(12)14/h6H,4-5,11H2,1-3H3,(H2,12,14)(H,13,16)/t6-/m0/s1. The first-order valence-corrected chi connectivity index (χ1v) is 5.15. The molecule has 2 amide bonds. The molecule has 0 rings (SSSR count). The van der Waals surface area contributed by atoms with Crippen molar-refractivity contribution in [1.82, 2.24) is 5.32 Å². The van der Waals surface area contributed by atoms with E-state index in [0.717, 1.165) is 0 Å². The van der Waals surface area contributed by atoms with Crippen molar-refractivity contribution in [2.24, 2.45) is 11.5 Å². The lowest BCUT2D eigenvalue weighted by Gasteiger charge is -2.20. The van der Waals surface area contributed by atoms with E-state index in [1.807, 2.05) is 0 Å². The third kappa shape index (κ3) is 8.21. The number of esters is 1. The van der Waals surface area contributed by atoms with Gasteiger partial charge in [0.15, 0.2) is 0 Å². The molecule has 0 unspecified atom stereocenters. The molecule has 0 aliphatic carbocycles. The Hall–Kier alpha value is -1.63. The van der Waals surface area contributed by atoms with Crippen LogP contribution in [-0.4, -0.2) is 36.0 Å². The highest BCUT2D eigenvalue weighted by Crippen LogP contribution is 2.08. The van der Waals surface area contributed by atoms with Crippen molar-refractivity contribution in [2.45, 2.75) is 38.8 Å². The van der Waals surface area contributed by atoms with Gasteiger partial charge in [-0.25, -0.2) is 0 Å². The maximum Gasteiger partial charge on any atom is 0.308 e. The zero-order valence-corrected chi connectivity index (χ0v) is 10.3. The lowest BCUT2D eigenvalue weighted by atomic mass is 10.1. The third-order valence-electron chi connectivity index (χ3n) is 1.58. The summed E-state index contributed by atoms with van der Waals surface area (Å²) in [5, 5.41) is 2.20. The van der Waals surface area contributed by atoms with Gasteiger partial charge in [0.2, 0.25) is 11.8 Å². The Kier molecular flexibility index (Phi) is 5.60. The summed E-state index contributed by atoms with van der Waals surface area (Å²) in [4.78, 5) is 33.0. The van der Waals surface area contributed by atoms with Crippen molar-refractivity contribution in [3.8, 4) is 0 Å². The van der Waals surface area contributed by atoms with Gasteiger partial charge in [-0.3, -0.25) is 14.4 Å². The summed E-state index contributed by atoms with van der Waals surface area (Å²) in [6.07, 6.45) is -0.248. The van der Waals surface area contributed by atoms with Gasteiger partial charge in [-0.2, -0.15) is 0 Å². The molecule has 0 radical (unpaired) electrons. The number of ether oxygens (including phenoxy) is 1. The number of rotatable bonds is 5. The quantitative estimate of drug-likeness (QED) is 0.516. The molecular weight excluding hydrogens is 226 g/mol. The number of hydrogen-bond acceptors (Lipinski definition) is 5. The molecule has 7 heteroatoms. The van der Waals surface area contributed by atoms with Crippen molar-refractivity contribution in [3.63, 3.8) is 0 Å². The molecule has 0 heterocycles. The van der Waals surface area contributed by atoms with E-state index >= 15 is 0 Å². The number of carbonyl (C=O) groups is 3. The lowest BCUT2D eigenvalue weighted by Crippen LogP contribution is -2.45. The van der Waals surface area contributed by atoms with Crippen LogP contribution in [0.2, 0.25) is 0 Å². The van der Waals surface area contributed by atoms with Crippen LogP contribution in [0.15, 0.2) is 0 Å². The van der Waals surface area contributed by atoms with Crippen LogP contribution in [0, 0.1) is 0 Å². The Bertz CT molecular complexity index is 309. The summed E-state index contributed by atoms with van der Waals surface area (Å²) >= 11 is 0. The average Bonchev–Trinajstić information content (AvgIpc) is 2.10. The molecular formula is C10H19N3O4. The number of nitrogens with one attached hydrogen (secondary N) is 1. The van der Waals surface area contributed by atoms with Crippen LogP contribution >= 0.6 is 0 Å². The molecule has 0 aromatic rings. The summed E-state index contributed by atoms with van der Waals surface area (Å²) in [6.45, 7) is 4.83.